The minimum absolute atomic E-state index is 0.0421. The highest BCUT2D eigenvalue weighted by atomic mass is 35.5. The third-order valence-electron chi connectivity index (χ3n) is 4.70. The van der Waals surface area contributed by atoms with E-state index in [2.05, 4.69) is 4.98 Å². The van der Waals surface area contributed by atoms with Crippen LogP contribution in [0.2, 0.25) is 5.02 Å². The fourth-order valence-corrected chi connectivity index (χ4v) is 4.99. The molecule has 0 aliphatic carbocycles. The topological polar surface area (TPSA) is 102 Å². The fraction of sp³-hybridized carbons (Fsp3) is 0.438. The zero-order valence-electron chi connectivity index (χ0n) is 15.2. The van der Waals surface area contributed by atoms with Gasteiger partial charge in [0.2, 0.25) is 0 Å². The van der Waals surface area contributed by atoms with Gasteiger partial charge < -0.3 is 9.47 Å². The summed E-state index contributed by atoms with van der Waals surface area (Å²) in [7, 11) is -1.91. The Kier molecular flexibility index (Phi) is 5.15. The summed E-state index contributed by atoms with van der Waals surface area (Å²) < 4.78 is 28.6. The average molecular weight is 414 g/mol. The lowest BCUT2D eigenvalue weighted by molar-refractivity contribution is -0.384. The molecule has 0 amide bonds. The predicted molar refractivity (Wildman–Crippen MR) is 102 cm³/mol. The maximum Gasteiger partial charge on any atom is 0.271 e. The van der Waals surface area contributed by atoms with Crippen LogP contribution in [-0.4, -0.2) is 53.4 Å². The SMILES string of the molecule is Cc1cc([N+](=O)[O-])cc(Cl)c1N1CCN(S(=O)(=O)c2cn(C)c(C)n2)CC1. The van der Waals surface area contributed by atoms with E-state index in [-0.39, 0.29) is 23.8 Å². The molecule has 1 aliphatic heterocycles. The van der Waals surface area contributed by atoms with Crippen LogP contribution in [-0.2, 0) is 17.1 Å². The number of nitro benzene ring substituents is 1. The molecule has 3 rings (SSSR count). The van der Waals surface area contributed by atoms with Gasteiger partial charge in [-0.15, -0.1) is 0 Å². The van der Waals surface area contributed by atoms with Crippen molar-refractivity contribution in [3.05, 3.63) is 44.9 Å². The van der Waals surface area contributed by atoms with E-state index in [1.165, 1.54) is 22.6 Å². The van der Waals surface area contributed by atoms with Crippen LogP contribution in [0.25, 0.3) is 0 Å². The number of hydrogen-bond donors (Lipinski definition) is 0. The van der Waals surface area contributed by atoms with Crippen molar-refractivity contribution in [1.29, 1.82) is 0 Å². The monoisotopic (exact) mass is 413 g/mol. The van der Waals surface area contributed by atoms with Crippen LogP contribution in [0.15, 0.2) is 23.4 Å². The second-order valence-electron chi connectivity index (χ2n) is 6.48. The normalized spacial score (nSPS) is 15.9. The maximum atomic E-state index is 12.8. The number of aromatic nitrogens is 2. The van der Waals surface area contributed by atoms with Gasteiger partial charge in [0.15, 0.2) is 5.03 Å². The third kappa shape index (κ3) is 3.64. The summed E-state index contributed by atoms with van der Waals surface area (Å²) in [4.78, 5) is 16.6. The molecule has 1 aromatic heterocycles. The average Bonchev–Trinajstić information content (AvgIpc) is 2.94. The first-order valence-corrected chi connectivity index (χ1v) is 10.1. The van der Waals surface area contributed by atoms with Gasteiger partial charge in [0.1, 0.15) is 5.82 Å². The van der Waals surface area contributed by atoms with Crippen molar-refractivity contribution in [3.8, 4) is 0 Å². The van der Waals surface area contributed by atoms with E-state index in [1.807, 2.05) is 4.90 Å². The second-order valence-corrected chi connectivity index (χ2v) is 8.77. The van der Waals surface area contributed by atoms with Crippen molar-refractivity contribution in [2.75, 3.05) is 31.1 Å². The second kappa shape index (κ2) is 7.10. The summed E-state index contributed by atoms with van der Waals surface area (Å²) in [5.74, 6) is 0.625. The van der Waals surface area contributed by atoms with Crippen LogP contribution in [0.4, 0.5) is 11.4 Å². The van der Waals surface area contributed by atoms with Crippen LogP contribution in [0.5, 0.6) is 0 Å². The highest BCUT2D eigenvalue weighted by Gasteiger charge is 2.31. The summed E-state index contributed by atoms with van der Waals surface area (Å²) in [5, 5.41) is 11.3. The molecular formula is C16H20ClN5O4S. The standard InChI is InChI=1S/C16H20ClN5O4S/c1-11-8-13(22(23)24)9-14(17)16(11)20-4-6-21(7-5-20)27(25,26)15-10-19(3)12(2)18-15/h8-10H,4-7H2,1-3H3. The number of sulfonamides is 1. The smallest absolute Gasteiger partial charge is 0.271 e. The van der Waals surface area contributed by atoms with E-state index in [9.17, 15) is 18.5 Å². The summed E-state index contributed by atoms with van der Waals surface area (Å²) in [6.45, 7) is 4.94. The van der Waals surface area contributed by atoms with E-state index in [4.69, 9.17) is 11.6 Å². The molecule has 0 atom stereocenters. The Morgan fingerprint density at radius 1 is 1.19 bits per heavy atom. The molecule has 0 spiro atoms. The third-order valence-corrected chi connectivity index (χ3v) is 6.75. The molecule has 1 fully saturated rings. The van der Waals surface area contributed by atoms with Crippen molar-refractivity contribution in [1.82, 2.24) is 13.9 Å². The number of benzene rings is 1. The lowest BCUT2D eigenvalue weighted by Gasteiger charge is -2.36. The number of rotatable bonds is 4. The zero-order valence-corrected chi connectivity index (χ0v) is 16.8. The number of piperazine rings is 1. The summed E-state index contributed by atoms with van der Waals surface area (Å²) in [6, 6.07) is 2.80. The van der Waals surface area contributed by atoms with E-state index >= 15 is 0 Å². The summed E-state index contributed by atoms with van der Waals surface area (Å²) in [6.07, 6.45) is 1.51. The van der Waals surface area contributed by atoms with Crippen LogP contribution in [0.3, 0.4) is 0 Å². The Morgan fingerprint density at radius 3 is 2.30 bits per heavy atom. The molecule has 1 aromatic carbocycles. The molecule has 0 N–H and O–H groups in total. The first-order valence-electron chi connectivity index (χ1n) is 8.31. The number of imidazole rings is 1. The quantitative estimate of drug-likeness (QED) is 0.562. The molecule has 11 heteroatoms. The Labute approximate surface area is 162 Å². The first-order chi connectivity index (χ1) is 12.6. The number of hydrogen-bond acceptors (Lipinski definition) is 6. The minimum atomic E-state index is -3.66. The van der Waals surface area contributed by atoms with Gasteiger partial charge >= 0.3 is 0 Å². The molecule has 0 bridgehead atoms. The van der Waals surface area contributed by atoms with E-state index < -0.39 is 14.9 Å². The Morgan fingerprint density at radius 2 is 1.81 bits per heavy atom. The number of anilines is 1. The van der Waals surface area contributed by atoms with Crippen LogP contribution >= 0.6 is 11.6 Å². The molecule has 0 saturated carbocycles. The van der Waals surface area contributed by atoms with Crippen molar-refractivity contribution < 1.29 is 13.3 Å². The van der Waals surface area contributed by atoms with Gasteiger partial charge in [-0.2, -0.15) is 4.31 Å². The first kappa shape index (κ1) is 19.6. The van der Waals surface area contributed by atoms with Crippen molar-refractivity contribution in [3.63, 3.8) is 0 Å². The highest BCUT2D eigenvalue weighted by molar-refractivity contribution is 7.89. The molecule has 2 heterocycles. The number of nitrogens with zero attached hydrogens (tertiary/aromatic N) is 5. The van der Waals surface area contributed by atoms with Gasteiger partial charge in [0, 0.05) is 51.6 Å². The summed E-state index contributed by atoms with van der Waals surface area (Å²) in [5.41, 5.74) is 1.33. The minimum Gasteiger partial charge on any atom is -0.367 e. The number of non-ortho nitro benzene ring substituents is 1. The van der Waals surface area contributed by atoms with Gasteiger partial charge in [-0.05, 0) is 19.4 Å². The van der Waals surface area contributed by atoms with Crippen molar-refractivity contribution in [2.45, 2.75) is 18.9 Å². The van der Waals surface area contributed by atoms with Gasteiger partial charge in [0.25, 0.3) is 15.7 Å². The fourth-order valence-electron chi connectivity index (χ4n) is 3.16. The highest BCUT2D eigenvalue weighted by Crippen LogP contribution is 2.34. The predicted octanol–water partition coefficient (Wildman–Crippen LogP) is 2.11. The van der Waals surface area contributed by atoms with Gasteiger partial charge in [-0.25, -0.2) is 13.4 Å². The summed E-state index contributed by atoms with van der Waals surface area (Å²) >= 11 is 6.26. The van der Waals surface area contributed by atoms with E-state index in [0.29, 0.717) is 35.2 Å². The van der Waals surface area contributed by atoms with Crippen LogP contribution in [0.1, 0.15) is 11.4 Å². The van der Waals surface area contributed by atoms with Gasteiger partial charge in [0.05, 0.1) is 15.6 Å². The van der Waals surface area contributed by atoms with Crippen molar-refractivity contribution >= 4 is 33.0 Å². The molecule has 27 heavy (non-hydrogen) atoms. The lowest BCUT2D eigenvalue weighted by atomic mass is 10.1. The van der Waals surface area contributed by atoms with E-state index in [0.717, 1.165) is 0 Å². The van der Waals surface area contributed by atoms with Crippen LogP contribution in [0, 0.1) is 24.0 Å². The van der Waals surface area contributed by atoms with Crippen molar-refractivity contribution in [2.24, 2.45) is 7.05 Å². The largest absolute Gasteiger partial charge is 0.367 e. The molecule has 146 valence electrons. The number of aryl methyl sites for hydroxylation is 3. The zero-order chi connectivity index (χ0) is 19.9. The van der Waals surface area contributed by atoms with Crippen LogP contribution < -0.4 is 4.90 Å². The molecule has 9 nitrogen and oxygen atoms in total. The van der Waals surface area contributed by atoms with Gasteiger partial charge in [-0.1, -0.05) is 11.6 Å². The van der Waals surface area contributed by atoms with Gasteiger partial charge in [-0.3, -0.25) is 10.1 Å². The lowest BCUT2D eigenvalue weighted by Crippen LogP contribution is -2.49. The molecule has 1 saturated heterocycles. The Balaban J connectivity index is 1.79. The molecule has 1 aliphatic rings. The number of nitro groups is 1. The molecule has 2 aromatic rings. The molecular weight excluding hydrogens is 394 g/mol. The molecule has 0 radical (unpaired) electrons. The number of halogens is 1. The Bertz CT molecular complexity index is 954. The Hall–Kier alpha value is -2.17. The van der Waals surface area contributed by atoms with E-state index in [1.54, 1.807) is 25.5 Å². The molecule has 0 unspecified atom stereocenters. The maximum absolute atomic E-state index is 12.8.